The molecule has 0 saturated heterocycles. The number of benzene rings is 10. The summed E-state index contributed by atoms with van der Waals surface area (Å²) < 4.78 is 13.0. The minimum absolute atomic E-state index is 0.855. The van der Waals surface area contributed by atoms with E-state index in [0.29, 0.717) is 0 Å². The van der Waals surface area contributed by atoms with Crippen LogP contribution in [0.3, 0.4) is 0 Å². The van der Waals surface area contributed by atoms with Gasteiger partial charge in [-0.3, -0.25) is 0 Å². The van der Waals surface area contributed by atoms with E-state index in [1.54, 1.807) is 0 Å². The van der Waals surface area contributed by atoms with Gasteiger partial charge in [0.05, 0.1) is 11.1 Å². The van der Waals surface area contributed by atoms with Crippen LogP contribution >= 0.6 is 0 Å². The molecule has 3 heteroatoms. The van der Waals surface area contributed by atoms with Crippen molar-refractivity contribution in [1.29, 1.82) is 0 Å². The van der Waals surface area contributed by atoms with E-state index < -0.39 is 0 Å². The summed E-state index contributed by atoms with van der Waals surface area (Å²) in [6, 6.07) is 79.9. The van der Waals surface area contributed by atoms with Gasteiger partial charge in [0.15, 0.2) is 0 Å². The van der Waals surface area contributed by atoms with Crippen molar-refractivity contribution in [1.82, 2.24) is 0 Å². The van der Waals surface area contributed by atoms with Crippen molar-refractivity contribution in [2.75, 3.05) is 4.90 Å². The maximum atomic E-state index is 6.69. The third-order valence-corrected chi connectivity index (χ3v) is 12.1. The fraction of sp³-hybridized carbons (Fsp3) is 0. The van der Waals surface area contributed by atoms with Gasteiger partial charge in [-0.05, 0) is 117 Å². The normalized spacial score (nSPS) is 11.6. The average Bonchev–Trinajstić information content (AvgIpc) is 3.91. The Kier molecular flexibility index (Phi) is 8.17. The van der Waals surface area contributed by atoms with Crippen LogP contribution < -0.4 is 4.90 Å². The molecule has 0 aliphatic carbocycles. The number of para-hydroxylation sites is 1. The highest BCUT2D eigenvalue weighted by Crippen LogP contribution is 2.45. The van der Waals surface area contributed by atoms with Crippen LogP contribution in [0.5, 0.6) is 0 Å². The monoisotopic (exact) mass is 779 g/mol. The molecule has 0 bridgehead atoms. The van der Waals surface area contributed by atoms with Gasteiger partial charge in [-0.15, -0.1) is 0 Å². The first kappa shape index (κ1) is 34.9. The first-order valence-corrected chi connectivity index (χ1v) is 20.7. The Morgan fingerprint density at radius 3 is 1.59 bits per heavy atom. The molecule has 0 spiro atoms. The van der Waals surface area contributed by atoms with E-state index in [0.717, 1.165) is 94.0 Å². The summed E-state index contributed by atoms with van der Waals surface area (Å²) in [5.41, 5.74) is 16.1. The molecule has 0 aliphatic heterocycles. The standard InChI is InChI=1S/C58H37NO2/c1-3-12-40(13-4-1)47-33-27-43(36-52(47)41-14-5-2-6-15-41)38-22-29-45(30-23-38)59(53-19-11-21-55-57(53)51-35-26-42-16-7-8-17-48(42)58(51)61-55)46-31-24-39(25-32-46)44-28-34-50-49-18-9-10-20-54(49)60-56(50)37-44/h1-37H. The topological polar surface area (TPSA) is 29.5 Å². The maximum absolute atomic E-state index is 6.69. The summed E-state index contributed by atoms with van der Waals surface area (Å²) in [6.45, 7) is 0. The molecule has 2 aromatic heterocycles. The van der Waals surface area contributed by atoms with Crippen molar-refractivity contribution in [2.24, 2.45) is 0 Å². The molecular weight excluding hydrogens is 743 g/mol. The molecule has 0 aliphatic rings. The van der Waals surface area contributed by atoms with E-state index >= 15 is 0 Å². The van der Waals surface area contributed by atoms with Gasteiger partial charge >= 0.3 is 0 Å². The quantitative estimate of drug-likeness (QED) is 0.161. The van der Waals surface area contributed by atoms with Crippen molar-refractivity contribution in [3.63, 3.8) is 0 Å². The Labute approximate surface area is 353 Å². The number of nitrogens with zero attached hydrogens (tertiary/aromatic N) is 1. The van der Waals surface area contributed by atoms with Gasteiger partial charge in [0.25, 0.3) is 0 Å². The van der Waals surface area contributed by atoms with Gasteiger partial charge in [0, 0.05) is 32.9 Å². The predicted molar refractivity (Wildman–Crippen MR) is 255 cm³/mol. The molecule has 10 aromatic carbocycles. The van der Waals surface area contributed by atoms with E-state index in [1.807, 2.05) is 12.1 Å². The second-order valence-corrected chi connectivity index (χ2v) is 15.6. The van der Waals surface area contributed by atoms with Gasteiger partial charge < -0.3 is 13.7 Å². The van der Waals surface area contributed by atoms with Gasteiger partial charge in [0.2, 0.25) is 0 Å². The Morgan fingerprint density at radius 1 is 0.295 bits per heavy atom. The van der Waals surface area contributed by atoms with Crippen LogP contribution in [-0.4, -0.2) is 0 Å². The number of fused-ring (bicyclic) bond motifs is 8. The molecule has 0 radical (unpaired) electrons. The molecular formula is C58H37NO2. The zero-order valence-corrected chi connectivity index (χ0v) is 33.1. The molecule has 0 N–H and O–H groups in total. The third-order valence-electron chi connectivity index (χ3n) is 12.1. The van der Waals surface area contributed by atoms with Crippen LogP contribution in [0, 0.1) is 0 Å². The first-order chi connectivity index (χ1) is 30.2. The van der Waals surface area contributed by atoms with Crippen LogP contribution in [-0.2, 0) is 0 Å². The summed E-state index contributed by atoms with van der Waals surface area (Å²) in [7, 11) is 0. The fourth-order valence-corrected chi connectivity index (χ4v) is 9.11. The molecule has 61 heavy (non-hydrogen) atoms. The lowest BCUT2D eigenvalue weighted by Gasteiger charge is -2.26. The van der Waals surface area contributed by atoms with Crippen molar-refractivity contribution in [3.05, 3.63) is 224 Å². The maximum Gasteiger partial charge on any atom is 0.143 e. The highest BCUT2D eigenvalue weighted by molar-refractivity contribution is 6.19. The van der Waals surface area contributed by atoms with Gasteiger partial charge in [0.1, 0.15) is 22.3 Å². The molecule has 3 nitrogen and oxygen atoms in total. The van der Waals surface area contributed by atoms with Gasteiger partial charge in [-0.1, -0.05) is 158 Å². The van der Waals surface area contributed by atoms with Gasteiger partial charge in [-0.2, -0.15) is 0 Å². The van der Waals surface area contributed by atoms with Crippen molar-refractivity contribution in [2.45, 2.75) is 0 Å². The van der Waals surface area contributed by atoms with E-state index in [-0.39, 0.29) is 0 Å². The smallest absolute Gasteiger partial charge is 0.143 e. The number of rotatable bonds is 7. The lowest BCUT2D eigenvalue weighted by molar-refractivity contribution is 0.669. The van der Waals surface area contributed by atoms with Crippen LogP contribution in [0.1, 0.15) is 0 Å². The molecule has 0 unspecified atom stereocenters. The number of furan rings is 2. The van der Waals surface area contributed by atoms with Crippen LogP contribution in [0.2, 0.25) is 0 Å². The summed E-state index contributed by atoms with van der Waals surface area (Å²) >= 11 is 0. The van der Waals surface area contributed by atoms with Crippen molar-refractivity contribution in [3.8, 4) is 44.5 Å². The zero-order chi connectivity index (χ0) is 40.3. The Morgan fingerprint density at radius 2 is 0.852 bits per heavy atom. The van der Waals surface area contributed by atoms with Crippen molar-refractivity contribution < 1.29 is 8.83 Å². The second-order valence-electron chi connectivity index (χ2n) is 15.6. The SMILES string of the molecule is c1ccc(-c2ccc(-c3ccc(N(c4ccc(-c5ccc6c(c5)oc5ccccc56)cc4)c4cccc5oc6c7ccccc7ccc6c45)cc3)cc2-c2ccccc2)cc1. The Bertz CT molecular complexity index is 3560. The van der Waals surface area contributed by atoms with E-state index in [1.165, 1.54) is 22.3 Å². The molecule has 0 fully saturated rings. The summed E-state index contributed by atoms with van der Waals surface area (Å²) in [5, 5.41) is 6.70. The lowest BCUT2D eigenvalue weighted by atomic mass is 9.91. The van der Waals surface area contributed by atoms with Crippen LogP contribution in [0.4, 0.5) is 17.1 Å². The zero-order valence-electron chi connectivity index (χ0n) is 33.1. The lowest BCUT2D eigenvalue weighted by Crippen LogP contribution is -2.10. The largest absolute Gasteiger partial charge is 0.456 e. The molecule has 0 amide bonds. The molecule has 12 rings (SSSR count). The van der Waals surface area contributed by atoms with Crippen molar-refractivity contribution >= 4 is 71.7 Å². The molecule has 0 atom stereocenters. The summed E-state index contributed by atoms with van der Waals surface area (Å²) in [5.74, 6) is 0. The second kappa shape index (κ2) is 14.3. The average molecular weight is 780 g/mol. The van der Waals surface area contributed by atoms with E-state index in [9.17, 15) is 0 Å². The summed E-state index contributed by atoms with van der Waals surface area (Å²) in [6.07, 6.45) is 0. The number of hydrogen-bond acceptors (Lipinski definition) is 3. The molecule has 2 heterocycles. The van der Waals surface area contributed by atoms with E-state index in [4.69, 9.17) is 8.83 Å². The predicted octanol–water partition coefficient (Wildman–Crippen LogP) is 16.8. The van der Waals surface area contributed by atoms with Gasteiger partial charge in [-0.25, -0.2) is 0 Å². The summed E-state index contributed by atoms with van der Waals surface area (Å²) in [4.78, 5) is 2.36. The Balaban J connectivity index is 0.985. The fourth-order valence-electron chi connectivity index (χ4n) is 9.11. The van der Waals surface area contributed by atoms with Crippen LogP contribution in [0.15, 0.2) is 233 Å². The highest BCUT2D eigenvalue weighted by atomic mass is 16.3. The number of anilines is 3. The molecule has 0 saturated carbocycles. The minimum Gasteiger partial charge on any atom is -0.456 e. The molecule has 12 aromatic rings. The number of hydrogen-bond donors (Lipinski definition) is 0. The van der Waals surface area contributed by atoms with E-state index in [2.05, 4.69) is 217 Å². The highest BCUT2D eigenvalue weighted by Gasteiger charge is 2.21. The Hall–Kier alpha value is -8.14. The minimum atomic E-state index is 0.855. The third kappa shape index (κ3) is 5.98. The first-order valence-electron chi connectivity index (χ1n) is 20.7. The molecule has 286 valence electrons. The van der Waals surface area contributed by atoms with Crippen LogP contribution in [0.25, 0.3) is 99.2 Å².